The monoisotopic (exact) mass is 376 g/mol. The number of rotatable bonds is 6. The van der Waals surface area contributed by atoms with Gasteiger partial charge in [-0.25, -0.2) is 5.48 Å². The van der Waals surface area contributed by atoms with E-state index in [1.54, 1.807) is 11.6 Å². The number of hydroxylamine groups is 1. The zero-order valence-electron chi connectivity index (χ0n) is 15.6. The number of carbonyl (C=O) groups is 1. The van der Waals surface area contributed by atoms with Crippen molar-refractivity contribution in [3.8, 4) is 0 Å². The van der Waals surface area contributed by atoms with Gasteiger partial charge in [-0.3, -0.25) is 10.0 Å². The molecule has 2 aromatic carbocycles. The maximum atomic E-state index is 11.2. The molecule has 28 heavy (non-hydrogen) atoms. The van der Waals surface area contributed by atoms with Crippen LogP contribution >= 0.6 is 0 Å². The molecule has 4 N–H and O–H groups in total. The summed E-state index contributed by atoms with van der Waals surface area (Å²) >= 11 is 0. The van der Waals surface area contributed by atoms with E-state index in [-0.39, 0.29) is 12.5 Å². The van der Waals surface area contributed by atoms with Crippen molar-refractivity contribution in [3.63, 3.8) is 0 Å². The van der Waals surface area contributed by atoms with Gasteiger partial charge in [0.2, 0.25) is 0 Å². The maximum Gasteiger partial charge on any atom is 0.267 e. The molecule has 0 saturated carbocycles. The molecule has 144 valence electrons. The van der Waals surface area contributed by atoms with Crippen molar-refractivity contribution in [2.45, 2.75) is 25.2 Å². The largest absolute Gasteiger partial charge is 0.396 e. The lowest BCUT2D eigenvalue weighted by atomic mass is 9.83. The molecule has 0 fully saturated rings. The average molecular weight is 376 g/mol. The summed E-state index contributed by atoms with van der Waals surface area (Å²) in [6.07, 6.45) is 7.88. The average Bonchev–Trinajstić information content (AvgIpc) is 3.34. The highest BCUT2D eigenvalue weighted by Gasteiger charge is 2.30. The molecule has 5 nitrogen and oxygen atoms in total. The SMILES string of the molecule is O=C(/C=C/c1ccc2c(c1)CCC2C(CO)Cc1c[nH]c2ccccc12)NO. The first-order valence-electron chi connectivity index (χ1n) is 9.60. The highest BCUT2D eigenvalue weighted by Crippen LogP contribution is 2.40. The smallest absolute Gasteiger partial charge is 0.267 e. The first-order valence-corrected chi connectivity index (χ1v) is 9.60. The summed E-state index contributed by atoms with van der Waals surface area (Å²) in [6.45, 7) is 0.155. The van der Waals surface area contributed by atoms with Crippen LogP contribution < -0.4 is 5.48 Å². The number of benzene rings is 2. The third-order valence-electron chi connectivity index (χ3n) is 5.79. The van der Waals surface area contributed by atoms with Crippen molar-refractivity contribution in [2.75, 3.05) is 6.61 Å². The Hall–Kier alpha value is -2.89. The molecule has 0 radical (unpaired) electrons. The Morgan fingerprint density at radius 1 is 1.29 bits per heavy atom. The summed E-state index contributed by atoms with van der Waals surface area (Å²) < 4.78 is 0. The number of fused-ring (bicyclic) bond motifs is 2. The number of aliphatic hydroxyl groups excluding tert-OH is 1. The van der Waals surface area contributed by atoms with Crippen LogP contribution in [-0.2, 0) is 17.6 Å². The van der Waals surface area contributed by atoms with Crippen LogP contribution in [0.15, 0.2) is 54.7 Å². The lowest BCUT2D eigenvalue weighted by Crippen LogP contribution is -2.17. The first-order chi connectivity index (χ1) is 13.7. The fraction of sp³-hybridized carbons (Fsp3) is 0.261. The Balaban J connectivity index is 1.55. The second kappa shape index (κ2) is 8.00. The molecule has 0 aliphatic heterocycles. The van der Waals surface area contributed by atoms with Crippen LogP contribution in [0.3, 0.4) is 0 Å². The number of H-pyrrole nitrogens is 1. The van der Waals surface area contributed by atoms with Crippen molar-refractivity contribution < 1.29 is 15.1 Å². The number of para-hydroxylation sites is 1. The van der Waals surface area contributed by atoms with Gasteiger partial charge in [0.25, 0.3) is 5.91 Å². The second-order valence-corrected chi connectivity index (χ2v) is 7.42. The van der Waals surface area contributed by atoms with Gasteiger partial charge in [0.1, 0.15) is 0 Å². The standard InChI is InChI=1S/C23H24N2O3/c26-14-18(12-17-13-24-22-4-2-1-3-21(17)22)20-9-7-16-11-15(5-8-19(16)20)6-10-23(27)25-28/h1-6,8,10-11,13,18,20,24,26,28H,7,9,12,14H2,(H,25,27)/b10-6+. The molecule has 1 aliphatic rings. The quantitative estimate of drug-likeness (QED) is 0.301. The van der Waals surface area contributed by atoms with Gasteiger partial charge in [0.15, 0.2) is 0 Å². The van der Waals surface area contributed by atoms with Gasteiger partial charge in [-0.2, -0.15) is 0 Å². The van der Waals surface area contributed by atoms with E-state index in [1.807, 2.05) is 18.2 Å². The highest BCUT2D eigenvalue weighted by molar-refractivity contribution is 5.90. The molecule has 0 bridgehead atoms. The third kappa shape index (κ3) is 3.59. The van der Waals surface area contributed by atoms with E-state index in [1.165, 1.54) is 28.2 Å². The molecule has 0 saturated heterocycles. The van der Waals surface area contributed by atoms with Gasteiger partial charge >= 0.3 is 0 Å². The Kier molecular flexibility index (Phi) is 5.28. The number of carbonyl (C=O) groups excluding carboxylic acids is 1. The van der Waals surface area contributed by atoms with Crippen LogP contribution in [0.5, 0.6) is 0 Å². The van der Waals surface area contributed by atoms with Gasteiger partial charge in [0.05, 0.1) is 0 Å². The Morgan fingerprint density at radius 3 is 2.96 bits per heavy atom. The Morgan fingerprint density at radius 2 is 2.14 bits per heavy atom. The van der Waals surface area contributed by atoms with Crippen molar-refractivity contribution in [2.24, 2.45) is 5.92 Å². The van der Waals surface area contributed by atoms with Crippen molar-refractivity contribution in [1.82, 2.24) is 10.5 Å². The molecular weight excluding hydrogens is 352 g/mol. The van der Waals surface area contributed by atoms with Crippen LogP contribution in [0, 0.1) is 5.92 Å². The van der Waals surface area contributed by atoms with Gasteiger partial charge in [-0.1, -0.05) is 36.4 Å². The molecular formula is C23H24N2O3. The van der Waals surface area contributed by atoms with Gasteiger partial charge in [0, 0.05) is 29.8 Å². The van der Waals surface area contributed by atoms with Crippen molar-refractivity contribution in [1.29, 1.82) is 0 Å². The topological polar surface area (TPSA) is 85.3 Å². The van der Waals surface area contributed by atoms with Gasteiger partial charge < -0.3 is 10.1 Å². The normalized spacial score (nSPS) is 17.1. The number of aliphatic hydroxyl groups is 1. The molecule has 0 spiro atoms. The minimum atomic E-state index is -0.544. The lowest BCUT2D eigenvalue weighted by Gasteiger charge is -2.22. The van der Waals surface area contributed by atoms with Crippen molar-refractivity contribution >= 4 is 22.9 Å². The molecule has 1 heterocycles. The number of hydrogen-bond donors (Lipinski definition) is 4. The van der Waals surface area contributed by atoms with Crippen LogP contribution in [0.4, 0.5) is 0 Å². The Labute approximate surface area is 163 Å². The summed E-state index contributed by atoms with van der Waals surface area (Å²) in [5.41, 5.74) is 7.47. The summed E-state index contributed by atoms with van der Waals surface area (Å²) in [5.74, 6) is -0.0492. The second-order valence-electron chi connectivity index (χ2n) is 7.42. The predicted octanol–water partition coefficient (Wildman–Crippen LogP) is 3.57. The van der Waals surface area contributed by atoms with Crippen LogP contribution in [0.25, 0.3) is 17.0 Å². The van der Waals surface area contributed by atoms with E-state index in [0.717, 1.165) is 30.3 Å². The van der Waals surface area contributed by atoms with Crippen LogP contribution in [0.1, 0.15) is 34.6 Å². The number of aromatic amines is 1. The van der Waals surface area contributed by atoms with E-state index in [2.05, 4.69) is 35.4 Å². The molecule has 1 aromatic heterocycles. The maximum absolute atomic E-state index is 11.2. The summed E-state index contributed by atoms with van der Waals surface area (Å²) in [7, 11) is 0. The molecule has 2 atom stereocenters. The molecule has 2 unspecified atom stereocenters. The molecule has 4 rings (SSSR count). The van der Waals surface area contributed by atoms with Gasteiger partial charge in [-0.05, 0) is 65.5 Å². The Bertz CT molecular complexity index is 1020. The number of amides is 1. The first kappa shape index (κ1) is 18.5. The minimum absolute atomic E-state index is 0.155. The van der Waals surface area contributed by atoms with E-state index >= 15 is 0 Å². The molecule has 3 aromatic rings. The fourth-order valence-electron chi connectivity index (χ4n) is 4.39. The summed E-state index contributed by atoms with van der Waals surface area (Å²) in [5, 5.41) is 19.9. The fourth-order valence-corrected chi connectivity index (χ4v) is 4.39. The molecule has 1 aliphatic carbocycles. The zero-order valence-corrected chi connectivity index (χ0v) is 15.6. The summed E-state index contributed by atoms with van der Waals surface area (Å²) in [6, 6.07) is 14.5. The summed E-state index contributed by atoms with van der Waals surface area (Å²) in [4.78, 5) is 14.5. The number of aromatic nitrogens is 1. The zero-order chi connectivity index (χ0) is 19.5. The van der Waals surface area contributed by atoms with Crippen molar-refractivity contribution in [3.05, 3.63) is 77.0 Å². The van der Waals surface area contributed by atoms with E-state index < -0.39 is 5.91 Å². The minimum Gasteiger partial charge on any atom is -0.396 e. The van der Waals surface area contributed by atoms with E-state index in [9.17, 15) is 9.90 Å². The van der Waals surface area contributed by atoms with Crippen LogP contribution in [-0.4, -0.2) is 27.8 Å². The predicted molar refractivity (Wildman–Crippen MR) is 109 cm³/mol. The number of nitrogens with one attached hydrogen (secondary N) is 2. The van der Waals surface area contributed by atoms with Crippen LogP contribution in [0.2, 0.25) is 0 Å². The van der Waals surface area contributed by atoms with Gasteiger partial charge in [-0.15, -0.1) is 0 Å². The van der Waals surface area contributed by atoms with E-state index in [4.69, 9.17) is 5.21 Å². The van der Waals surface area contributed by atoms with E-state index in [0.29, 0.717) is 5.92 Å². The molecule has 5 heteroatoms. The lowest BCUT2D eigenvalue weighted by molar-refractivity contribution is -0.124. The highest BCUT2D eigenvalue weighted by atomic mass is 16.5. The number of hydrogen-bond acceptors (Lipinski definition) is 3. The number of aryl methyl sites for hydroxylation is 1. The molecule has 1 amide bonds. The third-order valence-corrected chi connectivity index (χ3v) is 5.79.